The summed E-state index contributed by atoms with van der Waals surface area (Å²) in [5, 5.41) is 7.51. The summed E-state index contributed by atoms with van der Waals surface area (Å²) < 4.78 is 0. The molecule has 0 saturated carbocycles. The zero-order chi connectivity index (χ0) is 13.8. The molecular weight excluding hydrogens is 236 g/mol. The van der Waals surface area contributed by atoms with E-state index >= 15 is 0 Å². The molecule has 0 spiro atoms. The molecule has 3 N–H and O–H groups in total. The van der Waals surface area contributed by atoms with Crippen molar-refractivity contribution in [1.29, 1.82) is 5.41 Å². The average molecular weight is 260 g/mol. The molecule has 1 atom stereocenters. The molecule has 1 saturated heterocycles. The Balaban J connectivity index is 2.07. The lowest BCUT2D eigenvalue weighted by Gasteiger charge is -2.28. The smallest absolute Gasteiger partial charge is 0.122 e. The minimum absolute atomic E-state index is 0.144. The van der Waals surface area contributed by atoms with Crippen LogP contribution in [0.4, 0.5) is 0 Å². The van der Waals surface area contributed by atoms with Crippen LogP contribution in [0.2, 0.25) is 0 Å². The molecule has 0 bridgehead atoms. The van der Waals surface area contributed by atoms with Crippen LogP contribution in [0.3, 0.4) is 0 Å². The van der Waals surface area contributed by atoms with Crippen molar-refractivity contribution in [2.45, 2.75) is 25.9 Å². The Morgan fingerprint density at radius 3 is 2.95 bits per heavy atom. The molecule has 4 nitrogen and oxygen atoms in total. The van der Waals surface area contributed by atoms with E-state index in [0.717, 1.165) is 25.2 Å². The van der Waals surface area contributed by atoms with Crippen molar-refractivity contribution in [2.75, 3.05) is 26.7 Å². The summed E-state index contributed by atoms with van der Waals surface area (Å²) in [6.45, 7) is 6.66. The Kier molecular flexibility index (Phi) is 4.56. The minimum Gasteiger partial charge on any atom is -0.384 e. The van der Waals surface area contributed by atoms with Crippen LogP contribution in [0.5, 0.6) is 0 Å². The molecule has 4 heteroatoms. The van der Waals surface area contributed by atoms with E-state index < -0.39 is 0 Å². The van der Waals surface area contributed by atoms with Gasteiger partial charge in [-0.25, -0.2) is 0 Å². The van der Waals surface area contributed by atoms with Crippen molar-refractivity contribution < 1.29 is 0 Å². The van der Waals surface area contributed by atoms with Crippen molar-refractivity contribution in [2.24, 2.45) is 5.73 Å². The van der Waals surface area contributed by atoms with E-state index in [1.54, 1.807) is 0 Å². The number of benzene rings is 1. The van der Waals surface area contributed by atoms with Gasteiger partial charge in [0.2, 0.25) is 0 Å². The molecule has 1 aliphatic heterocycles. The van der Waals surface area contributed by atoms with Gasteiger partial charge in [-0.1, -0.05) is 18.2 Å². The number of amidine groups is 1. The molecule has 1 fully saturated rings. The molecule has 1 aliphatic rings. The monoisotopic (exact) mass is 260 g/mol. The van der Waals surface area contributed by atoms with E-state index in [4.69, 9.17) is 11.1 Å². The molecule has 1 aromatic rings. The fourth-order valence-corrected chi connectivity index (χ4v) is 2.73. The highest BCUT2D eigenvalue weighted by molar-refractivity contribution is 5.95. The largest absolute Gasteiger partial charge is 0.384 e. The van der Waals surface area contributed by atoms with Gasteiger partial charge in [-0.3, -0.25) is 10.3 Å². The molecule has 1 heterocycles. The Bertz CT molecular complexity index is 444. The number of likely N-dealkylation sites (N-methyl/N-ethyl adjacent to an activating group) is 1. The van der Waals surface area contributed by atoms with Gasteiger partial charge < -0.3 is 10.6 Å². The van der Waals surface area contributed by atoms with E-state index in [9.17, 15) is 0 Å². The first kappa shape index (κ1) is 14.0. The second-order valence-electron chi connectivity index (χ2n) is 5.55. The minimum atomic E-state index is 0.144. The Labute approximate surface area is 115 Å². The van der Waals surface area contributed by atoms with Crippen LogP contribution >= 0.6 is 0 Å². The molecule has 1 aromatic carbocycles. The van der Waals surface area contributed by atoms with Crippen LogP contribution < -0.4 is 5.73 Å². The number of nitrogens with zero attached hydrogens (tertiary/aromatic N) is 2. The molecule has 0 radical (unpaired) electrons. The van der Waals surface area contributed by atoms with Gasteiger partial charge in [-0.15, -0.1) is 0 Å². The number of rotatable bonds is 3. The summed E-state index contributed by atoms with van der Waals surface area (Å²) in [5.74, 6) is 0.144. The van der Waals surface area contributed by atoms with Gasteiger partial charge in [0.1, 0.15) is 5.84 Å². The fraction of sp³-hybridized carbons (Fsp3) is 0.533. The Hall–Kier alpha value is -1.39. The second-order valence-corrected chi connectivity index (χ2v) is 5.55. The summed E-state index contributed by atoms with van der Waals surface area (Å²) in [7, 11) is 2.19. The number of hydrogen-bond donors (Lipinski definition) is 2. The van der Waals surface area contributed by atoms with Gasteiger partial charge in [0.15, 0.2) is 0 Å². The fourth-order valence-electron chi connectivity index (χ4n) is 2.73. The maximum absolute atomic E-state index is 7.51. The predicted molar refractivity (Wildman–Crippen MR) is 79.4 cm³/mol. The number of nitrogen functional groups attached to an aromatic ring is 1. The first-order valence-corrected chi connectivity index (χ1v) is 6.92. The third-order valence-corrected chi connectivity index (χ3v) is 3.81. The second kappa shape index (κ2) is 6.17. The van der Waals surface area contributed by atoms with Crippen LogP contribution in [0.25, 0.3) is 0 Å². The van der Waals surface area contributed by atoms with Crippen molar-refractivity contribution in [3.8, 4) is 0 Å². The summed E-state index contributed by atoms with van der Waals surface area (Å²) in [4.78, 5) is 4.92. The summed E-state index contributed by atoms with van der Waals surface area (Å²) in [5.41, 5.74) is 7.61. The van der Waals surface area contributed by atoms with Crippen molar-refractivity contribution >= 4 is 5.84 Å². The SMILES string of the molecule is CC1CN(C)CCCN1Cc1cccc(C(=N)N)c1. The highest BCUT2D eigenvalue weighted by Crippen LogP contribution is 2.14. The van der Waals surface area contributed by atoms with E-state index in [1.807, 2.05) is 18.2 Å². The summed E-state index contributed by atoms with van der Waals surface area (Å²) in [6.07, 6.45) is 1.22. The van der Waals surface area contributed by atoms with Crippen LogP contribution in [-0.4, -0.2) is 48.4 Å². The van der Waals surface area contributed by atoms with Gasteiger partial charge in [-0.2, -0.15) is 0 Å². The zero-order valence-electron chi connectivity index (χ0n) is 11.9. The highest BCUT2D eigenvalue weighted by atomic mass is 15.2. The first-order valence-electron chi connectivity index (χ1n) is 6.92. The van der Waals surface area contributed by atoms with Crippen LogP contribution in [0.15, 0.2) is 24.3 Å². The highest BCUT2D eigenvalue weighted by Gasteiger charge is 2.19. The molecule has 19 heavy (non-hydrogen) atoms. The van der Waals surface area contributed by atoms with Gasteiger partial charge in [0, 0.05) is 31.2 Å². The zero-order valence-corrected chi connectivity index (χ0v) is 11.9. The van der Waals surface area contributed by atoms with E-state index in [1.165, 1.54) is 18.5 Å². The molecule has 1 unspecified atom stereocenters. The lowest BCUT2D eigenvalue weighted by molar-refractivity contribution is 0.194. The van der Waals surface area contributed by atoms with Gasteiger partial charge in [0.25, 0.3) is 0 Å². The van der Waals surface area contributed by atoms with E-state index in [2.05, 4.69) is 29.8 Å². The summed E-state index contributed by atoms with van der Waals surface area (Å²) >= 11 is 0. The predicted octanol–water partition coefficient (Wildman–Crippen LogP) is 1.50. The van der Waals surface area contributed by atoms with E-state index in [0.29, 0.717) is 6.04 Å². The standard InChI is InChI=1S/C15H24N4/c1-12-10-18(2)7-4-8-19(12)11-13-5-3-6-14(9-13)15(16)17/h3,5-6,9,12H,4,7-8,10-11H2,1-2H3,(H3,16,17). The molecule has 104 valence electrons. The maximum atomic E-state index is 7.51. The Morgan fingerprint density at radius 1 is 1.42 bits per heavy atom. The molecule has 2 rings (SSSR count). The Morgan fingerprint density at radius 2 is 2.21 bits per heavy atom. The molecule has 0 amide bonds. The molecule has 0 aliphatic carbocycles. The quantitative estimate of drug-likeness (QED) is 0.639. The lowest BCUT2D eigenvalue weighted by atomic mass is 10.1. The third-order valence-electron chi connectivity index (χ3n) is 3.81. The average Bonchev–Trinajstić information content (AvgIpc) is 2.52. The van der Waals surface area contributed by atoms with Crippen molar-refractivity contribution in [3.63, 3.8) is 0 Å². The van der Waals surface area contributed by atoms with E-state index in [-0.39, 0.29) is 5.84 Å². The topological polar surface area (TPSA) is 56.4 Å². The van der Waals surface area contributed by atoms with Crippen LogP contribution in [0.1, 0.15) is 24.5 Å². The molecule has 0 aromatic heterocycles. The van der Waals surface area contributed by atoms with Gasteiger partial charge in [0.05, 0.1) is 0 Å². The number of hydrogen-bond acceptors (Lipinski definition) is 3. The number of nitrogens with two attached hydrogens (primary N) is 1. The third kappa shape index (κ3) is 3.78. The maximum Gasteiger partial charge on any atom is 0.122 e. The normalized spacial score (nSPS) is 22.1. The van der Waals surface area contributed by atoms with Gasteiger partial charge in [-0.05, 0) is 38.6 Å². The van der Waals surface area contributed by atoms with Crippen LogP contribution in [0, 0.1) is 5.41 Å². The number of nitrogens with one attached hydrogen (secondary N) is 1. The lowest BCUT2D eigenvalue weighted by Crippen LogP contribution is -2.37. The van der Waals surface area contributed by atoms with Crippen molar-refractivity contribution in [1.82, 2.24) is 9.80 Å². The summed E-state index contributed by atoms with van der Waals surface area (Å²) in [6, 6.07) is 8.59. The molecular formula is C15H24N4. The first-order chi connectivity index (χ1) is 9.06. The van der Waals surface area contributed by atoms with Crippen LogP contribution in [-0.2, 0) is 6.54 Å². The van der Waals surface area contributed by atoms with Crippen molar-refractivity contribution in [3.05, 3.63) is 35.4 Å². The van der Waals surface area contributed by atoms with Gasteiger partial charge >= 0.3 is 0 Å².